The third-order valence-electron chi connectivity index (χ3n) is 2.96. The first-order valence-electron chi connectivity index (χ1n) is 6.39. The van der Waals surface area contributed by atoms with Crippen molar-refractivity contribution < 1.29 is 4.42 Å². The van der Waals surface area contributed by atoms with E-state index in [1.165, 1.54) is 12.8 Å². The zero-order chi connectivity index (χ0) is 12.4. The molecule has 0 spiro atoms. The number of rotatable bonds is 6. The molecule has 0 aliphatic heterocycles. The van der Waals surface area contributed by atoms with Gasteiger partial charge in [0.1, 0.15) is 6.54 Å². The Morgan fingerprint density at radius 1 is 1.39 bits per heavy atom. The fraction of sp³-hybridized carbons (Fsp3) is 0.583. The highest BCUT2D eigenvalue weighted by atomic mass is 16.4. The fourth-order valence-electron chi connectivity index (χ4n) is 1.77. The Kier molecular flexibility index (Phi) is 3.10. The number of imidazole rings is 1. The number of aromatic nitrogens is 4. The highest BCUT2D eigenvalue weighted by Gasteiger charge is 2.20. The molecule has 2 aromatic rings. The Hall–Kier alpha value is -1.69. The normalized spacial score (nSPS) is 15.2. The predicted octanol–water partition coefficient (Wildman–Crippen LogP) is 1.13. The van der Waals surface area contributed by atoms with E-state index in [4.69, 9.17) is 4.42 Å². The Bertz CT molecular complexity index is 514. The minimum Gasteiger partial charge on any atom is -0.423 e. The third-order valence-corrected chi connectivity index (χ3v) is 2.96. The molecule has 2 heterocycles. The standard InChI is InChI=1S/C12H17N5O/c1-2-11-15-16-12(18-11)7-17-6-10(14-8-17)5-13-9-3-4-9/h6,8-9,13H,2-5,7H2,1H3. The van der Waals surface area contributed by atoms with Crippen LogP contribution in [0.25, 0.3) is 0 Å². The molecule has 0 radical (unpaired) electrons. The van der Waals surface area contributed by atoms with Gasteiger partial charge < -0.3 is 14.3 Å². The molecule has 0 atom stereocenters. The number of nitrogens with one attached hydrogen (secondary N) is 1. The van der Waals surface area contributed by atoms with Gasteiger partial charge in [0.05, 0.1) is 12.0 Å². The summed E-state index contributed by atoms with van der Waals surface area (Å²) in [7, 11) is 0. The van der Waals surface area contributed by atoms with Crippen LogP contribution in [0.5, 0.6) is 0 Å². The van der Waals surface area contributed by atoms with Crippen LogP contribution in [0.4, 0.5) is 0 Å². The highest BCUT2D eigenvalue weighted by Crippen LogP contribution is 2.19. The lowest BCUT2D eigenvalue weighted by molar-refractivity contribution is 0.442. The van der Waals surface area contributed by atoms with Crippen molar-refractivity contribution in [2.75, 3.05) is 0 Å². The molecule has 0 unspecified atom stereocenters. The monoisotopic (exact) mass is 247 g/mol. The third kappa shape index (κ3) is 2.76. The zero-order valence-electron chi connectivity index (χ0n) is 10.5. The average Bonchev–Trinajstić information content (AvgIpc) is 2.93. The second kappa shape index (κ2) is 4.89. The van der Waals surface area contributed by atoms with Crippen molar-refractivity contribution in [2.24, 2.45) is 0 Å². The molecule has 18 heavy (non-hydrogen) atoms. The summed E-state index contributed by atoms with van der Waals surface area (Å²) in [5.41, 5.74) is 1.05. The fourth-order valence-corrected chi connectivity index (χ4v) is 1.77. The van der Waals surface area contributed by atoms with Crippen LogP contribution in [-0.4, -0.2) is 25.8 Å². The van der Waals surface area contributed by atoms with E-state index in [0.717, 1.165) is 18.7 Å². The van der Waals surface area contributed by atoms with E-state index in [1.807, 2.05) is 17.7 Å². The number of hydrogen-bond acceptors (Lipinski definition) is 5. The van der Waals surface area contributed by atoms with Crippen LogP contribution in [0.15, 0.2) is 16.9 Å². The molecule has 1 saturated carbocycles. The van der Waals surface area contributed by atoms with E-state index in [2.05, 4.69) is 20.5 Å². The van der Waals surface area contributed by atoms with Gasteiger partial charge in [-0.05, 0) is 12.8 Å². The summed E-state index contributed by atoms with van der Waals surface area (Å²) < 4.78 is 7.44. The Morgan fingerprint density at radius 2 is 2.22 bits per heavy atom. The second-order valence-electron chi connectivity index (χ2n) is 4.64. The van der Waals surface area contributed by atoms with Gasteiger partial charge in [-0.1, -0.05) is 6.92 Å². The van der Waals surface area contributed by atoms with Crippen molar-refractivity contribution in [3.05, 3.63) is 30.0 Å². The molecule has 1 fully saturated rings. The van der Waals surface area contributed by atoms with E-state index in [9.17, 15) is 0 Å². The molecule has 1 aliphatic rings. The zero-order valence-corrected chi connectivity index (χ0v) is 10.5. The molecule has 6 nitrogen and oxygen atoms in total. The van der Waals surface area contributed by atoms with Gasteiger partial charge in [-0.3, -0.25) is 0 Å². The molecular weight excluding hydrogens is 230 g/mol. The summed E-state index contributed by atoms with van der Waals surface area (Å²) >= 11 is 0. The van der Waals surface area contributed by atoms with Crippen molar-refractivity contribution in [3.8, 4) is 0 Å². The summed E-state index contributed by atoms with van der Waals surface area (Å²) in [6, 6.07) is 0.707. The van der Waals surface area contributed by atoms with Gasteiger partial charge >= 0.3 is 0 Å². The van der Waals surface area contributed by atoms with Crippen molar-refractivity contribution in [2.45, 2.75) is 45.3 Å². The van der Waals surface area contributed by atoms with Crippen LogP contribution in [0, 0.1) is 0 Å². The summed E-state index contributed by atoms with van der Waals surface area (Å²) in [5, 5.41) is 11.4. The Balaban J connectivity index is 1.58. The maximum atomic E-state index is 5.47. The van der Waals surface area contributed by atoms with Gasteiger partial charge in [-0.25, -0.2) is 4.98 Å². The van der Waals surface area contributed by atoms with Crippen LogP contribution in [0.3, 0.4) is 0 Å². The molecule has 6 heteroatoms. The first-order valence-corrected chi connectivity index (χ1v) is 6.39. The van der Waals surface area contributed by atoms with Crippen molar-refractivity contribution in [3.63, 3.8) is 0 Å². The number of nitrogens with zero attached hydrogens (tertiary/aromatic N) is 4. The maximum absolute atomic E-state index is 5.47. The van der Waals surface area contributed by atoms with Gasteiger partial charge in [0, 0.05) is 25.2 Å². The summed E-state index contributed by atoms with van der Waals surface area (Å²) in [6.07, 6.45) is 7.18. The molecule has 0 saturated heterocycles. The van der Waals surface area contributed by atoms with Crippen LogP contribution in [0.1, 0.15) is 37.2 Å². The summed E-state index contributed by atoms with van der Waals surface area (Å²) in [6.45, 7) is 3.42. The maximum Gasteiger partial charge on any atom is 0.236 e. The van der Waals surface area contributed by atoms with Crippen molar-refractivity contribution >= 4 is 0 Å². The molecule has 0 aromatic carbocycles. The molecule has 3 rings (SSSR count). The summed E-state index contributed by atoms with van der Waals surface area (Å²) in [5.74, 6) is 1.31. The molecule has 1 aliphatic carbocycles. The Morgan fingerprint density at radius 3 is 2.94 bits per heavy atom. The Labute approximate surface area is 105 Å². The first-order chi connectivity index (χ1) is 8.83. The van der Waals surface area contributed by atoms with Gasteiger partial charge in [0.15, 0.2) is 0 Å². The van der Waals surface area contributed by atoms with E-state index < -0.39 is 0 Å². The molecule has 96 valence electrons. The van der Waals surface area contributed by atoms with Gasteiger partial charge in [-0.15, -0.1) is 10.2 Å². The lowest BCUT2D eigenvalue weighted by atomic mass is 10.4. The first kappa shape index (κ1) is 11.4. The molecule has 0 bridgehead atoms. The van der Waals surface area contributed by atoms with Gasteiger partial charge in [0.25, 0.3) is 0 Å². The van der Waals surface area contributed by atoms with E-state index in [0.29, 0.717) is 24.4 Å². The highest BCUT2D eigenvalue weighted by molar-refractivity contribution is 4.99. The van der Waals surface area contributed by atoms with Crippen molar-refractivity contribution in [1.82, 2.24) is 25.1 Å². The molecule has 1 N–H and O–H groups in total. The predicted molar refractivity (Wildman–Crippen MR) is 64.9 cm³/mol. The second-order valence-corrected chi connectivity index (χ2v) is 4.64. The quantitative estimate of drug-likeness (QED) is 0.828. The lowest BCUT2D eigenvalue weighted by Crippen LogP contribution is -2.15. The minimum absolute atomic E-state index is 0.587. The molecular formula is C12H17N5O. The minimum atomic E-state index is 0.587. The molecule has 0 amide bonds. The number of hydrogen-bond donors (Lipinski definition) is 1. The lowest BCUT2D eigenvalue weighted by Gasteiger charge is -1.98. The topological polar surface area (TPSA) is 68.8 Å². The smallest absolute Gasteiger partial charge is 0.236 e. The van der Waals surface area contributed by atoms with Crippen molar-refractivity contribution in [1.29, 1.82) is 0 Å². The summed E-state index contributed by atoms with van der Waals surface area (Å²) in [4.78, 5) is 4.35. The van der Waals surface area contributed by atoms with Crippen LogP contribution < -0.4 is 5.32 Å². The van der Waals surface area contributed by atoms with E-state index in [1.54, 1.807) is 6.33 Å². The van der Waals surface area contributed by atoms with Gasteiger partial charge in [0.2, 0.25) is 11.8 Å². The average molecular weight is 247 g/mol. The van der Waals surface area contributed by atoms with E-state index >= 15 is 0 Å². The van der Waals surface area contributed by atoms with E-state index in [-0.39, 0.29) is 0 Å². The largest absolute Gasteiger partial charge is 0.423 e. The van der Waals surface area contributed by atoms with Crippen LogP contribution in [-0.2, 0) is 19.5 Å². The van der Waals surface area contributed by atoms with Crippen LogP contribution >= 0.6 is 0 Å². The van der Waals surface area contributed by atoms with Gasteiger partial charge in [-0.2, -0.15) is 0 Å². The molecule has 2 aromatic heterocycles. The SMILES string of the molecule is CCc1nnc(Cn2cnc(CNC3CC3)c2)o1. The number of aryl methyl sites for hydroxylation is 1. The van der Waals surface area contributed by atoms with Crippen LogP contribution in [0.2, 0.25) is 0 Å².